The second kappa shape index (κ2) is 5.67. The standard InChI is InChI=1S/C23H28N2O/c24-17-6-8-18(9-7-17)25-23-13-3-12-22(11-2-1-4-21(22)23)20-14-19(26)10-5-16(20)15-23/h5-10,14,21,25-26H,1-4,11-13,15,24H2/t21-,22+,23?/m0/s1. The van der Waals surface area contributed by atoms with Crippen molar-refractivity contribution in [1.82, 2.24) is 0 Å². The molecule has 5 rings (SSSR count). The molecule has 2 fully saturated rings. The number of nitrogens with one attached hydrogen (secondary N) is 1. The van der Waals surface area contributed by atoms with E-state index in [1.54, 1.807) is 0 Å². The molecule has 0 aromatic heterocycles. The minimum Gasteiger partial charge on any atom is -0.508 e. The zero-order valence-electron chi connectivity index (χ0n) is 15.3. The van der Waals surface area contributed by atoms with Gasteiger partial charge in [-0.25, -0.2) is 0 Å². The van der Waals surface area contributed by atoms with Gasteiger partial charge in [0, 0.05) is 22.3 Å². The van der Waals surface area contributed by atoms with Crippen LogP contribution in [0.1, 0.15) is 56.1 Å². The van der Waals surface area contributed by atoms with Crippen LogP contribution < -0.4 is 11.1 Å². The molecule has 3 nitrogen and oxygen atoms in total. The van der Waals surface area contributed by atoms with Gasteiger partial charge in [-0.1, -0.05) is 25.3 Å². The second-order valence-electron chi connectivity index (χ2n) is 8.73. The Morgan fingerprint density at radius 3 is 2.62 bits per heavy atom. The first-order chi connectivity index (χ1) is 12.6. The Kier molecular flexibility index (Phi) is 3.50. The van der Waals surface area contributed by atoms with Gasteiger partial charge in [0.2, 0.25) is 0 Å². The van der Waals surface area contributed by atoms with E-state index in [1.165, 1.54) is 61.8 Å². The summed E-state index contributed by atoms with van der Waals surface area (Å²) in [6.45, 7) is 0. The van der Waals surface area contributed by atoms with Gasteiger partial charge in [0.25, 0.3) is 0 Å². The zero-order chi connectivity index (χ0) is 17.8. The van der Waals surface area contributed by atoms with Crippen LogP contribution in [-0.4, -0.2) is 10.6 Å². The van der Waals surface area contributed by atoms with E-state index in [0.717, 1.165) is 12.1 Å². The molecule has 2 aromatic rings. The number of anilines is 2. The summed E-state index contributed by atoms with van der Waals surface area (Å²) in [6, 6.07) is 14.3. The molecule has 3 atom stereocenters. The third kappa shape index (κ3) is 2.26. The maximum atomic E-state index is 10.2. The topological polar surface area (TPSA) is 58.3 Å². The predicted molar refractivity (Wildman–Crippen MR) is 107 cm³/mol. The molecule has 0 radical (unpaired) electrons. The predicted octanol–water partition coefficient (Wildman–Crippen LogP) is 4.99. The molecule has 3 aliphatic rings. The van der Waals surface area contributed by atoms with Gasteiger partial charge in [0.1, 0.15) is 5.75 Å². The van der Waals surface area contributed by atoms with Gasteiger partial charge >= 0.3 is 0 Å². The maximum absolute atomic E-state index is 10.2. The number of phenolic OH excluding ortho intramolecular Hbond substituents is 1. The van der Waals surface area contributed by atoms with Crippen LogP contribution in [0.5, 0.6) is 5.75 Å². The molecule has 136 valence electrons. The van der Waals surface area contributed by atoms with E-state index in [4.69, 9.17) is 5.73 Å². The molecule has 2 saturated carbocycles. The molecule has 3 heteroatoms. The largest absolute Gasteiger partial charge is 0.508 e. The average Bonchev–Trinajstić information content (AvgIpc) is 2.65. The number of aromatic hydroxyl groups is 1. The number of phenols is 1. The lowest BCUT2D eigenvalue weighted by Gasteiger charge is -2.62. The minimum atomic E-state index is 0.124. The first kappa shape index (κ1) is 16.0. The fraction of sp³-hybridized carbons (Fsp3) is 0.478. The summed E-state index contributed by atoms with van der Waals surface area (Å²) in [7, 11) is 0. The van der Waals surface area contributed by atoms with Crippen LogP contribution in [0.15, 0.2) is 42.5 Å². The summed E-state index contributed by atoms with van der Waals surface area (Å²) < 4.78 is 0. The zero-order valence-corrected chi connectivity index (χ0v) is 15.3. The van der Waals surface area contributed by atoms with Gasteiger partial charge in [-0.3, -0.25) is 0 Å². The summed E-state index contributed by atoms with van der Waals surface area (Å²) >= 11 is 0. The van der Waals surface area contributed by atoms with Crippen LogP contribution in [0.25, 0.3) is 0 Å². The van der Waals surface area contributed by atoms with Crippen LogP contribution in [0.4, 0.5) is 11.4 Å². The lowest BCUT2D eigenvalue weighted by molar-refractivity contribution is 0.0414. The summed E-state index contributed by atoms with van der Waals surface area (Å²) in [5.41, 5.74) is 11.1. The quantitative estimate of drug-likeness (QED) is 0.670. The van der Waals surface area contributed by atoms with E-state index in [9.17, 15) is 5.11 Å². The molecular formula is C23H28N2O. The fourth-order valence-electron chi connectivity index (χ4n) is 6.48. The summed E-state index contributed by atoms with van der Waals surface area (Å²) in [4.78, 5) is 0. The van der Waals surface area contributed by atoms with E-state index in [0.29, 0.717) is 11.7 Å². The molecule has 0 amide bonds. The van der Waals surface area contributed by atoms with Crippen LogP contribution in [0.2, 0.25) is 0 Å². The summed E-state index contributed by atoms with van der Waals surface area (Å²) in [5, 5.41) is 14.2. The van der Waals surface area contributed by atoms with Crippen molar-refractivity contribution < 1.29 is 5.11 Å². The van der Waals surface area contributed by atoms with E-state index in [1.807, 2.05) is 18.2 Å². The van der Waals surface area contributed by atoms with Crippen molar-refractivity contribution in [2.24, 2.45) is 5.92 Å². The molecule has 0 heterocycles. The lowest BCUT2D eigenvalue weighted by Crippen LogP contribution is -2.62. The van der Waals surface area contributed by atoms with Crippen molar-refractivity contribution in [2.45, 2.75) is 62.3 Å². The van der Waals surface area contributed by atoms with E-state index in [-0.39, 0.29) is 11.0 Å². The Balaban J connectivity index is 1.63. The third-order valence-corrected chi connectivity index (χ3v) is 7.39. The van der Waals surface area contributed by atoms with Crippen molar-refractivity contribution in [2.75, 3.05) is 11.1 Å². The molecule has 26 heavy (non-hydrogen) atoms. The van der Waals surface area contributed by atoms with Crippen LogP contribution >= 0.6 is 0 Å². The van der Waals surface area contributed by atoms with Gasteiger partial charge in [0.15, 0.2) is 0 Å². The summed E-state index contributed by atoms with van der Waals surface area (Å²) in [5.74, 6) is 1.07. The molecular weight excluding hydrogens is 320 g/mol. The van der Waals surface area contributed by atoms with Crippen molar-refractivity contribution in [1.29, 1.82) is 0 Å². The Morgan fingerprint density at radius 1 is 0.962 bits per heavy atom. The van der Waals surface area contributed by atoms with Gasteiger partial charge in [0.05, 0.1) is 0 Å². The highest BCUT2D eigenvalue weighted by atomic mass is 16.3. The number of rotatable bonds is 2. The van der Waals surface area contributed by atoms with Crippen molar-refractivity contribution >= 4 is 11.4 Å². The molecule has 0 aliphatic heterocycles. The van der Waals surface area contributed by atoms with Crippen LogP contribution in [0, 0.1) is 5.92 Å². The van der Waals surface area contributed by atoms with Gasteiger partial charge < -0.3 is 16.2 Å². The van der Waals surface area contributed by atoms with Gasteiger partial charge in [-0.2, -0.15) is 0 Å². The van der Waals surface area contributed by atoms with Crippen LogP contribution in [-0.2, 0) is 11.8 Å². The minimum absolute atomic E-state index is 0.124. The SMILES string of the molecule is Nc1ccc(NC23CCC[C@]4(CCCC[C@H]24)c2cc(O)ccc2C3)cc1. The van der Waals surface area contributed by atoms with E-state index in [2.05, 4.69) is 29.6 Å². The molecule has 1 unspecified atom stereocenters. The van der Waals surface area contributed by atoms with E-state index < -0.39 is 0 Å². The molecule has 2 bridgehead atoms. The highest BCUT2D eigenvalue weighted by Crippen LogP contribution is 2.61. The molecule has 0 spiro atoms. The normalized spacial score (nSPS) is 32.4. The molecule has 2 aromatic carbocycles. The maximum Gasteiger partial charge on any atom is 0.115 e. The monoisotopic (exact) mass is 348 g/mol. The second-order valence-corrected chi connectivity index (χ2v) is 8.73. The molecule has 3 aliphatic carbocycles. The number of fused-ring (bicyclic) bond motifs is 1. The average molecular weight is 348 g/mol. The van der Waals surface area contributed by atoms with Crippen LogP contribution in [0.3, 0.4) is 0 Å². The van der Waals surface area contributed by atoms with Gasteiger partial charge in [-0.05, 0) is 85.5 Å². The molecule has 0 saturated heterocycles. The fourth-order valence-corrected chi connectivity index (χ4v) is 6.48. The number of nitrogen functional groups attached to an aromatic ring is 1. The smallest absolute Gasteiger partial charge is 0.115 e. The third-order valence-electron chi connectivity index (χ3n) is 7.39. The first-order valence-electron chi connectivity index (χ1n) is 10.1. The number of hydrogen-bond donors (Lipinski definition) is 3. The Labute approximate surface area is 155 Å². The Hall–Kier alpha value is -2.16. The van der Waals surface area contributed by atoms with Crippen molar-refractivity contribution in [3.05, 3.63) is 53.6 Å². The Bertz CT molecular complexity index is 827. The molecule has 4 N–H and O–H groups in total. The Morgan fingerprint density at radius 2 is 1.77 bits per heavy atom. The first-order valence-corrected chi connectivity index (χ1v) is 10.1. The van der Waals surface area contributed by atoms with E-state index >= 15 is 0 Å². The highest BCUT2D eigenvalue weighted by molar-refractivity contribution is 5.56. The summed E-state index contributed by atoms with van der Waals surface area (Å²) in [6.07, 6.45) is 9.99. The van der Waals surface area contributed by atoms with Gasteiger partial charge in [-0.15, -0.1) is 0 Å². The highest BCUT2D eigenvalue weighted by Gasteiger charge is 2.58. The van der Waals surface area contributed by atoms with Crippen molar-refractivity contribution in [3.8, 4) is 5.75 Å². The van der Waals surface area contributed by atoms with Crippen molar-refractivity contribution in [3.63, 3.8) is 0 Å². The lowest BCUT2D eigenvalue weighted by atomic mass is 9.46. The number of nitrogens with two attached hydrogens (primary N) is 1. The number of hydrogen-bond acceptors (Lipinski definition) is 3. The number of benzene rings is 2.